The molecule has 18 heavy (non-hydrogen) atoms. The zero-order chi connectivity index (χ0) is 13.4. The van der Waals surface area contributed by atoms with Crippen molar-refractivity contribution in [3.8, 4) is 5.75 Å². The monoisotopic (exact) mass is 251 g/mol. The summed E-state index contributed by atoms with van der Waals surface area (Å²) < 4.78 is 5.19. The van der Waals surface area contributed by atoms with Gasteiger partial charge in [0.05, 0.1) is 12.8 Å². The van der Waals surface area contributed by atoms with Gasteiger partial charge in [0.2, 0.25) is 0 Å². The van der Waals surface area contributed by atoms with Gasteiger partial charge < -0.3 is 20.7 Å². The number of amides is 2. The number of methoxy groups -OCH3 is 1. The van der Waals surface area contributed by atoms with Gasteiger partial charge >= 0.3 is 6.03 Å². The second kappa shape index (κ2) is 7.55. The van der Waals surface area contributed by atoms with Crippen LogP contribution in [0.1, 0.15) is 13.3 Å². The molecule has 1 aromatic carbocycles. The summed E-state index contributed by atoms with van der Waals surface area (Å²) in [7, 11) is 1.58. The largest absolute Gasteiger partial charge is 0.495 e. The summed E-state index contributed by atoms with van der Waals surface area (Å²) in [6.45, 7) is 3.84. The van der Waals surface area contributed by atoms with Crippen LogP contribution in [0, 0.1) is 0 Å². The van der Waals surface area contributed by atoms with Gasteiger partial charge in [0.1, 0.15) is 5.75 Å². The molecule has 1 aromatic rings. The molecule has 0 saturated carbocycles. The highest BCUT2D eigenvalue weighted by molar-refractivity contribution is 5.90. The first-order valence-corrected chi connectivity index (χ1v) is 6.12. The average Bonchev–Trinajstić information content (AvgIpc) is 2.40. The van der Waals surface area contributed by atoms with Gasteiger partial charge in [-0.05, 0) is 32.0 Å². The third kappa shape index (κ3) is 3.92. The maximum absolute atomic E-state index is 12.0. The molecule has 0 fully saturated rings. The summed E-state index contributed by atoms with van der Waals surface area (Å²) in [5, 5.41) is 2.84. The Balaban J connectivity index is 2.67. The van der Waals surface area contributed by atoms with Crippen LogP contribution < -0.4 is 15.8 Å². The van der Waals surface area contributed by atoms with Gasteiger partial charge in [-0.15, -0.1) is 0 Å². The molecule has 5 heteroatoms. The van der Waals surface area contributed by atoms with Gasteiger partial charge in [0.25, 0.3) is 0 Å². The predicted octanol–water partition coefficient (Wildman–Crippen LogP) is 1.90. The number of nitrogens with two attached hydrogens (primary N) is 1. The number of nitrogens with one attached hydrogen (secondary N) is 1. The highest BCUT2D eigenvalue weighted by atomic mass is 16.5. The highest BCUT2D eigenvalue weighted by Gasteiger charge is 2.12. The fourth-order valence-corrected chi connectivity index (χ4v) is 1.63. The number of anilines is 1. The van der Waals surface area contributed by atoms with E-state index in [4.69, 9.17) is 10.5 Å². The Labute approximate surface area is 108 Å². The second-order valence-electron chi connectivity index (χ2n) is 3.85. The van der Waals surface area contributed by atoms with Crippen LogP contribution in [0.3, 0.4) is 0 Å². The average molecular weight is 251 g/mol. The minimum absolute atomic E-state index is 0.129. The zero-order valence-corrected chi connectivity index (χ0v) is 11.0. The SMILES string of the molecule is CCN(CCCN)C(=O)Nc1ccccc1OC. The molecule has 0 aliphatic rings. The molecule has 0 aliphatic carbocycles. The summed E-state index contributed by atoms with van der Waals surface area (Å²) in [5.41, 5.74) is 6.13. The molecule has 0 aliphatic heterocycles. The first kappa shape index (κ1) is 14.3. The van der Waals surface area contributed by atoms with Gasteiger partial charge in [-0.1, -0.05) is 12.1 Å². The number of rotatable bonds is 6. The quantitative estimate of drug-likeness (QED) is 0.811. The van der Waals surface area contributed by atoms with Crippen molar-refractivity contribution in [1.82, 2.24) is 4.90 Å². The number of para-hydroxylation sites is 2. The van der Waals surface area contributed by atoms with Crippen LogP contribution in [-0.2, 0) is 0 Å². The lowest BCUT2D eigenvalue weighted by atomic mass is 10.3. The van der Waals surface area contributed by atoms with Crippen LogP contribution in [0.15, 0.2) is 24.3 Å². The van der Waals surface area contributed by atoms with Crippen molar-refractivity contribution in [3.05, 3.63) is 24.3 Å². The van der Waals surface area contributed by atoms with Crippen LogP contribution >= 0.6 is 0 Å². The fraction of sp³-hybridized carbons (Fsp3) is 0.462. The van der Waals surface area contributed by atoms with Crippen LogP contribution in [0.4, 0.5) is 10.5 Å². The van der Waals surface area contributed by atoms with Crippen molar-refractivity contribution in [3.63, 3.8) is 0 Å². The van der Waals surface area contributed by atoms with Gasteiger partial charge in [-0.25, -0.2) is 4.79 Å². The van der Waals surface area contributed by atoms with E-state index in [1.165, 1.54) is 0 Å². The van der Waals surface area contributed by atoms with Gasteiger partial charge in [-0.2, -0.15) is 0 Å². The molecule has 0 spiro atoms. The molecule has 100 valence electrons. The lowest BCUT2D eigenvalue weighted by molar-refractivity contribution is 0.214. The number of ether oxygens (including phenoxy) is 1. The fourth-order valence-electron chi connectivity index (χ4n) is 1.63. The minimum Gasteiger partial charge on any atom is -0.495 e. The molecule has 5 nitrogen and oxygen atoms in total. The standard InChI is InChI=1S/C13H21N3O2/c1-3-16(10-6-9-14)13(17)15-11-7-4-5-8-12(11)18-2/h4-5,7-8H,3,6,9-10,14H2,1-2H3,(H,15,17). The number of nitrogens with zero attached hydrogens (tertiary/aromatic N) is 1. The summed E-state index contributed by atoms with van der Waals surface area (Å²) in [5.74, 6) is 0.653. The number of benzene rings is 1. The summed E-state index contributed by atoms with van der Waals surface area (Å²) in [4.78, 5) is 13.8. The first-order chi connectivity index (χ1) is 8.72. The summed E-state index contributed by atoms with van der Waals surface area (Å²) in [6, 6.07) is 7.21. The summed E-state index contributed by atoms with van der Waals surface area (Å²) >= 11 is 0. The molecule has 2 amide bonds. The third-order valence-electron chi connectivity index (χ3n) is 2.65. The normalized spacial score (nSPS) is 9.94. The molecular formula is C13H21N3O2. The molecule has 3 N–H and O–H groups in total. The number of carbonyl (C=O) groups is 1. The second-order valence-corrected chi connectivity index (χ2v) is 3.85. The van der Waals surface area contributed by atoms with Crippen molar-refractivity contribution in [2.24, 2.45) is 5.73 Å². The van der Waals surface area contributed by atoms with E-state index in [0.717, 1.165) is 6.42 Å². The van der Waals surface area contributed by atoms with Crippen molar-refractivity contribution in [1.29, 1.82) is 0 Å². The van der Waals surface area contributed by atoms with Crippen LogP contribution in [0.5, 0.6) is 5.75 Å². The Morgan fingerprint density at radius 2 is 2.17 bits per heavy atom. The van der Waals surface area contributed by atoms with E-state index in [-0.39, 0.29) is 6.03 Å². The number of hydrogen-bond acceptors (Lipinski definition) is 3. The van der Waals surface area contributed by atoms with Crippen molar-refractivity contribution >= 4 is 11.7 Å². The van der Waals surface area contributed by atoms with E-state index < -0.39 is 0 Å². The van der Waals surface area contributed by atoms with E-state index in [1.54, 1.807) is 12.0 Å². The molecule has 0 radical (unpaired) electrons. The van der Waals surface area contributed by atoms with Crippen LogP contribution in [-0.4, -0.2) is 37.7 Å². The smallest absolute Gasteiger partial charge is 0.321 e. The van der Waals surface area contributed by atoms with Crippen molar-refractivity contribution in [2.75, 3.05) is 32.1 Å². The van der Waals surface area contributed by atoms with E-state index in [1.807, 2.05) is 31.2 Å². The Morgan fingerprint density at radius 3 is 2.78 bits per heavy atom. The Hall–Kier alpha value is -1.75. The Bertz CT molecular complexity index is 382. The molecule has 0 atom stereocenters. The highest BCUT2D eigenvalue weighted by Crippen LogP contribution is 2.23. The van der Waals surface area contributed by atoms with Gasteiger partial charge in [0, 0.05) is 13.1 Å². The van der Waals surface area contributed by atoms with Crippen LogP contribution in [0.2, 0.25) is 0 Å². The van der Waals surface area contributed by atoms with Crippen molar-refractivity contribution < 1.29 is 9.53 Å². The van der Waals surface area contributed by atoms with E-state index >= 15 is 0 Å². The predicted molar refractivity (Wildman–Crippen MR) is 72.9 cm³/mol. The third-order valence-corrected chi connectivity index (χ3v) is 2.65. The topological polar surface area (TPSA) is 67.6 Å². The first-order valence-electron chi connectivity index (χ1n) is 6.12. The molecule has 1 rings (SSSR count). The summed E-state index contributed by atoms with van der Waals surface area (Å²) in [6.07, 6.45) is 0.799. The molecule has 0 heterocycles. The molecule has 0 unspecified atom stereocenters. The number of urea groups is 1. The zero-order valence-electron chi connectivity index (χ0n) is 11.0. The molecule has 0 aromatic heterocycles. The number of hydrogen-bond donors (Lipinski definition) is 2. The lowest BCUT2D eigenvalue weighted by Crippen LogP contribution is -2.36. The van der Waals surface area contributed by atoms with Gasteiger partial charge in [0.15, 0.2) is 0 Å². The van der Waals surface area contributed by atoms with Crippen LogP contribution in [0.25, 0.3) is 0 Å². The lowest BCUT2D eigenvalue weighted by Gasteiger charge is -2.21. The van der Waals surface area contributed by atoms with E-state index in [0.29, 0.717) is 31.1 Å². The van der Waals surface area contributed by atoms with Gasteiger partial charge in [-0.3, -0.25) is 0 Å². The van der Waals surface area contributed by atoms with E-state index in [2.05, 4.69) is 5.32 Å². The van der Waals surface area contributed by atoms with Crippen molar-refractivity contribution in [2.45, 2.75) is 13.3 Å². The maximum atomic E-state index is 12.0. The maximum Gasteiger partial charge on any atom is 0.321 e. The molecule has 0 bridgehead atoms. The molecular weight excluding hydrogens is 230 g/mol. The Kier molecular flexibility index (Phi) is 6.00. The van der Waals surface area contributed by atoms with E-state index in [9.17, 15) is 4.79 Å². The minimum atomic E-state index is -0.129. The number of carbonyl (C=O) groups excluding carboxylic acids is 1. The molecule has 0 saturated heterocycles. The Morgan fingerprint density at radius 1 is 1.44 bits per heavy atom.